The minimum atomic E-state index is -1.39. The molecular formula is C38H70N2O7. The fraction of sp³-hybridized carbons (Fsp3) is 0.842. The molecule has 0 aromatic rings. The average molecular weight is 667 g/mol. The Balaban J connectivity index is 4.24. The van der Waals surface area contributed by atoms with Crippen LogP contribution in [-0.2, 0) is 23.9 Å². The molecule has 0 saturated carbocycles. The molecule has 0 saturated heterocycles. The number of nitrogens with one attached hydrogen (secondary N) is 2. The van der Waals surface area contributed by atoms with Crippen LogP contribution in [0.4, 0.5) is 0 Å². The summed E-state index contributed by atoms with van der Waals surface area (Å²) in [5.74, 6) is -2.39. The van der Waals surface area contributed by atoms with Crippen molar-refractivity contribution in [2.24, 2.45) is 0 Å². The van der Waals surface area contributed by atoms with Crippen LogP contribution in [-0.4, -0.2) is 59.3 Å². The zero-order chi connectivity index (χ0) is 34.8. The minimum absolute atomic E-state index is 0.111. The molecule has 2 atom stereocenters. The van der Waals surface area contributed by atoms with E-state index in [1.807, 2.05) is 0 Å². The van der Waals surface area contributed by atoms with Crippen molar-refractivity contribution in [3.8, 4) is 0 Å². The average Bonchev–Trinajstić information content (AvgIpc) is 3.05. The summed E-state index contributed by atoms with van der Waals surface area (Å²) in [4.78, 5) is 47.3. The Bertz CT molecular complexity index is 818. The van der Waals surface area contributed by atoms with E-state index in [0.29, 0.717) is 12.8 Å². The van der Waals surface area contributed by atoms with Crippen molar-refractivity contribution in [1.29, 1.82) is 0 Å². The number of hydrogen-bond acceptors (Lipinski definition) is 6. The first-order valence-corrected chi connectivity index (χ1v) is 19.1. The van der Waals surface area contributed by atoms with Crippen LogP contribution in [0.1, 0.15) is 181 Å². The monoisotopic (exact) mass is 667 g/mol. The molecule has 2 unspecified atom stereocenters. The summed E-state index contributed by atoms with van der Waals surface area (Å²) in [6.07, 6.45) is 32.6. The van der Waals surface area contributed by atoms with Gasteiger partial charge in [-0.25, -0.2) is 4.79 Å². The molecule has 0 aliphatic heterocycles. The van der Waals surface area contributed by atoms with E-state index in [2.05, 4.69) is 36.6 Å². The van der Waals surface area contributed by atoms with E-state index >= 15 is 0 Å². The van der Waals surface area contributed by atoms with Crippen LogP contribution < -0.4 is 10.6 Å². The molecule has 0 aromatic carbocycles. The van der Waals surface area contributed by atoms with Crippen molar-refractivity contribution in [2.75, 3.05) is 13.2 Å². The number of aliphatic carboxylic acids is 1. The van der Waals surface area contributed by atoms with Crippen LogP contribution >= 0.6 is 0 Å². The Morgan fingerprint density at radius 1 is 0.638 bits per heavy atom. The van der Waals surface area contributed by atoms with Crippen molar-refractivity contribution in [2.45, 2.75) is 193 Å². The first-order valence-electron chi connectivity index (χ1n) is 19.1. The van der Waals surface area contributed by atoms with Gasteiger partial charge in [-0.3, -0.25) is 14.4 Å². The number of hydrogen-bond donors (Lipinski definition) is 4. The number of esters is 1. The Kier molecular flexibility index (Phi) is 31.8. The molecule has 9 heteroatoms. The van der Waals surface area contributed by atoms with Crippen molar-refractivity contribution in [3.05, 3.63) is 12.2 Å². The third-order valence-electron chi connectivity index (χ3n) is 8.50. The molecule has 0 radical (unpaired) electrons. The number of rotatable bonds is 34. The van der Waals surface area contributed by atoms with Gasteiger partial charge in [-0.2, -0.15) is 0 Å². The topological polar surface area (TPSA) is 142 Å². The Morgan fingerprint density at radius 2 is 1.13 bits per heavy atom. The highest BCUT2D eigenvalue weighted by Gasteiger charge is 2.18. The van der Waals surface area contributed by atoms with E-state index in [4.69, 9.17) is 14.9 Å². The number of carbonyl (C=O) groups is 4. The van der Waals surface area contributed by atoms with E-state index in [1.165, 1.54) is 96.3 Å². The smallest absolute Gasteiger partial charge is 0.328 e. The number of carboxylic acids is 1. The number of carbonyl (C=O) groups excluding carboxylic acids is 3. The predicted octanol–water partition coefficient (Wildman–Crippen LogP) is 8.31. The third-order valence-corrected chi connectivity index (χ3v) is 8.50. The summed E-state index contributed by atoms with van der Waals surface area (Å²) in [6, 6.07) is -1.39. The van der Waals surface area contributed by atoms with Gasteiger partial charge in [0.2, 0.25) is 11.8 Å². The van der Waals surface area contributed by atoms with Gasteiger partial charge in [0.1, 0.15) is 12.1 Å². The molecule has 274 valence electrons. The summed E-state index contributed by atoms with van der Waals surface area (Å²) in [6.45, 7) is 3.42. The number of carboxylic acid groups (broad SMARTS) is 1. The van der Waals surface area contributed by atoms with Crippen molar-refractivity contribution >= 4 is 23.8 Å². The third kappa shape index (κ3) is 30.7. The van der Waals surface area contributed by atoms with Gasteiger partial charge in [0, 0.05) is 12.8 Å². The lowest BCUT2D eigenvalue weighted by atomic mass is 10.0. The van der Waals surface area contributed by atoms with Crippen LogP contribution in [0, 0.1) is 0 Å². The maximum Gasteiger partial charge on any atom is 0.328 e. The SMILES string of the molecule is CCCCCCC/C=C\C(CCCCCCC(=O)NCC(=O)NC(CO)C(=O)O)OC(=O)CCCCCCCCCCCCCCC. The molecule has 0 rings (SSSR count). The van der Waals surface area contributed by atoms with E-state index in [1.54, 1.807) is 0 Å². The van der Waals surface area contributed by atoms with Crippen LogP contribution in [0.2, 0.25) is 0 Å². The highest BCUT2D eigenvalue weighted by Crippen LogP contribution is 2.16. The number of allylic oxidation sites excluding steroid dienone is 1. The van der Waals surface area contributed by atoms with Crippen LogP contribution in [0.3, 0.4) is 0 Å². The number of amides is 2. The molecule has 0 spiro atoms. The molecule has 4 N–H and O–H groups in total. The molecule has 0 heterocycles. The fourth-order valence-electron chi connectivity index (χ4n) is 5.51. The summed E-state index contributed by atoms with van der Waals surface area (Å²) in [5.41, 5.74) is 0. The molecule has 0 aliphatic rings. The van der Waals surface area contributed by atoms with E-state index in [9.17, 15) is 19.2 Å². The van der Waals surface area contributed by atoms with E-state index in [0.717, 1.165) is 51.4 Å². The second-order valence-corrected chi connectivity index (χ2v) is 13.0. The Morgan fingerprint density at radius 3 is 1.66 bits per heavy atom. The van der Waals surface area contributed by atoms with Gasteiger partial charge in [0.25, 0.3) is 0 Å². The standard InChI is InChI=1S/C38H70N2O7/c1-3-5-7-9-11-12-13-14-15-16-18-20-26-30-37(44)47-33(27-23-19-17-10-8-6-4-2)28-24-21-22-25-29-35(42)39-31-36(43)40-34(32-41)38(45)46/h23,27,33-34,41H,3-22,24-26,28-32H2,1-2H3,(H,39,42)(H,40,43)(H,45,46)/b27-23-. The highest BCUT2D eigenvalue weighted by atomic mass is 16.5. The lowest BCUT2D eigenvalue weighted by Gasteiger charge is -2.15. The lowest BCUT2D eigenvalue weighted by Crippen LogP contribution is -2.47. The quantitative estimate of drug-likeness (QED) is 0.0307. The summed E-state index contributed by atoms with van der Waals surface area (Å²) in [7, 11) is 0. The maximum atomic E-state index is 12.6. The molecule has 0 fully saturated rings. The summed E-state index contributed by atoms with van der Waals surface area (Å²) in [5, 5.41) is 22.5. The molecule has 0 bridgehead atoms. The van der Waals surface area contributed by atoms with Crippen molar-refractivity contribution in [1.82, 2.24) is 10.6 Å². The normalized spacial score (nSPS) is 12.6. The lowest BCUT2D eigenvalue weighted by molar-refractivity contribution is -0.147. The fourth-order valence-corrected chi connectivity index (χ4v) is 5.51. The van der Waals surface area contributed by atoms with Crippen LogP contribution in [0.25, 0.3) is 0 Å². The second kappa shape index (κ2) is 33.5. The van der Waals surface area contributed by atoms with Crippen molar-refractivity contribution < 1.29 is 34.1 Å². The number of ether oxygens (including phenoxy) is 1. The number of aliphatic hydroxyl groups is 1. The van der Waals surface area contributed by atoms with Gasteiger partial charge >= 0.3 is 11.9 Å². The summed E-state index contributed by atoms with van der Waals surface area (Å²) < 4.78 is 5.87. The molecular weight excluding hydrogens is 596 g/mol. The van der Waals surface area contributed by atoms with Gasteiger partial charge in [-0.1, -0.05) is 135 Å². The first-order chi connectivity index (χ1) is 22.8. The summed E-state index contributed by atoms with van der Waals surface area (Å²) >= 11 is 0. The maximum absolute atomic E-state index is 12.6. The molecule has 2 amide bonds. The minimum Gasteiger partial charge on any atom is -0.480 e. The zero-order valence-corrected chi connectivity index (χ0v) is 30.0. The van der Waals surface area contributed by atoms with Crippen LogP contribution in [0.15, 0.2) is 12.2 Å². The number of aliphatic hydroxyl groups excluding tert-OH is 1. The Labute approximate surface area is 286 Å². The van der Waals surface area contributed by atoms with E-state index in [-0.39, 0.29) is 30.9 Å². The highest BCUT2D eigenvalue weighted by molar-refractivity contribution is 5.87. The number of unbranched alkanes of at least 4 members (excludes halogenated alkanes) is 20. The molecule has 0 aromatic heterocycles. The predicted molar refractivity (Wildman–Crippen MR) is 190 cm³/mol. The van der Waals surface area contributed by atoms with Gasteiger partial charge in [0.15, 0.2) is 0 Å². The molecule has 47 heavy (non-hydrogen) atoms. The second-order valence-electron chi connectivity index (χ2n) is 13.0. The molecule has 9 nitrogen and oxygen atoms in total. The largest absolute Gasteiger partial charge is 0.480 e. The first kappa shape index (κ1) is 44.6. The molecule has 0 aliphatic carbocycles. The van der Waals surface area contributed by atoms with Gasteiger partial charge < -0.3 is 25.6 Å². The zero-order valence-electron chi connectivity index (χ0n) is 30.0. The van der Waals surface area contributed by atoms with Crippen LogP contribution in [0.5, 0.6) is 0 Å². The van der Waals surface area contributed by atoms with E-state index < -0.39 is 24.5 Å². The van der Waals surface area contributed by atoms with Gasteiger partial charge in [-0.15, -0.1) is 0 Å². The van der Waals surface area contributed by atoms with Gasteiger partial charge in [0.05, 0.1) is 13.2 Å². The van der Waals surface area contributed by atoms with Gasteiger partial charge in [-0.05, 0) is 44.6 Å². The Hall–Kier alpha value is -2.42. The van der Waals surface area contributed by atoms with Crippen molar-refractivity contribution in [3.63, 3.8) is 0 Å².